The van der Waals surface area contributed by atoms with Crippen molar-refractivity contribution in [3.8, 4) is 5.75 Å². The average Bonchev–Trinajstić information content (AvgIpc) is 2.23. The van der Waals surface area contributed by atoms with Gasteiger partial charge in [0, 0.05) is 10.8 Å². The molecule has 1 heterocycles. The average molecular weight is 224 g/mol. The third kappa shape index (κ3) is 1.64. The molecule has 0 amide bonds. The van der Waals surface area contributed by atoms with E-state index in [1.807, 2.05) is 6.07 Å². The second kappa shape index (κ2) is 3.68. The van der Waals surface area contributed by atoms with Crippen LogP contribution in [0.3, 0.4) is 0 Å². The summed E-state index contributed by atoms with van der Waals surface area (Å²) in [6, 6.07) is 7.13. The maximum absolute atomic E-state index is 9.86. The van der Waals surface area contributed by atoms with Crippen LogP contribution in [0.5, 0.6) is 5.75 Å². The Bertz CT molecular complexity index is 511. The van der Waals surface area contributed by atoms with Gasteiger partial charge in [0.2, 0.25) is 0 Å². The lowest BCUT2D eigenvalue weighted by Gasteiger charge is -2.10. The van der Waals surface area contributed by atoms with E-state index in [1.165, 1.54) is 6.92 Å². The van der Waals surface area contributed by atoms with Crippen LogP contribution in [0, 0.1) is 0 Å². The molecule has 0 bridgehead atoms. The molecular formula is C11H10ClNO2. The van der Waals surface area contributed by atoms with Gasteiger partial charge in [-0.1, -0.05) is 35.9 Å². The molecule has 0 aliphatic rings. The number of rotatable bonds is 1. The van der Waals surface area contributed by atoms with Gasteiger partial charge >= 0.3 is 0 Å². The maximum Gasteiger partial charge on any atom is 0.147 e. The number of benzene rings is 1. The highest BCUT2D eigenvalue weighted by atomic mass is 35.5. The summed E-state index contributed by atoms with van der Waals surface area (Å²) in [5.41, 5.74) is 0.207. The number of aliphatic hydroxyl groups is 1. The number of aromatic hydroxyl groups is 1. The number of fused-ring (bicyclic) bond motifs is 1. The Morgan fingerprint density at radius 3 is 2.47 bits per heavy atom. The van der Waals surface area contributed by atoms with E-state index in [4.69, 9.17) is 11.6 Å². The lowest BCUT2D eigenvalue weighted by molar-refractivity contribution is 0.190. The van der Waals surface area contributed by atoms with Crippen LogP contribution in [0.15, 0.2) is 24.3 Å². The van der Waals surface area contributed by atoms with Gasteiger partial charge in [-0.25, -0.2) is 4.98 Å². The molecule has 0 aliphatic carbocycles. The summed E-state index contributed by atoms with van der Waals surface area (Å²) in [4.78, 5) is 3.97. The highest BCUT2D eigenvalue weighted by molar-refractivity contribution is 6.34. The van der Waals surface area contributed by atoms with E-state index in [1.54, 1.807) is 18.2 Å². The van der Waals surface area contributed by atoms with Crippen molar-refractivity contribution in [1.29, 1.82) is 0 Å². The number of aromatic nitrogens is 1. The zero-order valence-corrected chi connectivity index (χ0v) is 8.86. The van der Waals surface area contributed by atoms with Gasteiger partial charge in [-0.3, -0.25) is 0 Å². The molecule has 0 spiro atoms. The van der Waals surface area contributed by atoms with Crippen molar-refractivity contribution in [2.24, 2.45) is 0 Å². The molecule has 2 aromatic rings. The molecule has 1 aromatic carbocycles. The van der Waals surface area contributed by atoms with Crippen LogP contribution in [-0.4, -0.2) is 15.2 Å². The Morgan fingerprint density at radius 2 is 1.87 bits per heavy atom. The molecule has 1 aromatic heterocycles. The van der Waals surface area contributed by atoms with Gasteiger partial charge in [-0.15, -0.1) is 0 Å². The van der Waals surface area contributed by atoms with E-state index < -0.39 is 6.10 Å². The molecule has 2 N–H and O–H groups in total. The summed E-state index contributed by atoms with van der Waals surface area (Å²) in [6.45, 7) is 1.53. The predicted octanol–water partition coefficient (Wildman–Crippen LogP) is 2.65. The van der Waals surface area contributed by atoms with E-state index in [-0.39, 0.29) is 11.4 Å². The Labute approximate surface area is 92.0 Å². The molecule has 78 valence electrons. The minimum absolute atomic E-state index is 0.00926. The predicted molar refractivity (Wildman–Crippen MR) is 59.1 cm³/mol. The first-order valence-corrected chi connectivity index (χ1v) is 4.94. The first kappa shape index (κ1) is 10.2. The third-order valence-corrected chi connectivity index (χ3v) is 2.55. The summed E-state index contributed by atoms with van der Waals surface area (Å²) in [5.74, 6) is -0.00926. The van der Waals surface area contributed by atoms with Crippen LogP contribution < -0.4 is 0 Å². The summed E-state index contributed by atoms with van der Waals surface area (Å²) < 4.78 is 0. The van der Waals surface area contributed by atoms with E-state index >= 15 is 0 Å². The second-order valence-corrected chi connectivity index (χ2v) is 3.72. The minimum atomic E-state index is -0.841. The van der Waals surface area contributed by atoms with Gasteiger partial charge in [-0.05, 0) is 6.92 Å². The molecule has 0 saturated carbocycles. The van der Waals surface area contributed by atoms with Crippen molar-refractivity contribution >= 4 is 22.4 Å². The highest BCUT2D eigenvalue weighted by Crippen LogP contribution is 2.34. The molecule has 0 fully saturated rings. The molecule has 0 saturated heterocycles. The molecular weight excluding hydrogens is 214 g/mol. The normalized spacial score (nSPS) is 13.0. The topological polar surface area (TPSA) is 53.4 Å². The number of hydrogen-bond donors (Lipinski definition) is 2. The standard InChI is InChI=1S/C11H10ClNO2/c1-6(14)9-10(15)7-4-2-3-5-8(7)11(12)13-9/h2-6,14-15H,1H3. The van der Waals surface area contributed by atoms with Crippen LogP contribution in [-0.2, 0) is 0 Å². The Hall–Kier alpha value is -1.32. The largest absolute Gasteiger partial charge is 0.505 e. The van der Waals surface area contributed by atoms with Crippen LogP contribution in [0.25, 0.3) is 10.8 Å². The molecule has 0 aliphatic heterocycles. The van der Waals surface area contributed by atoms with Crippen molar-refractivity contribution in [2.45, 2.75) is 13.0 Å². The van der Waals surface area contributed by atoms with Gasteiger partial charge in [0.05, 0.1) is 6.10 Å². The quantitative estimate of drug-likeness (QED) is 0.731. The fourth-order valence-electron chi connectivity index (χ4n) is 1.52. The number of nitrogens with zero attached hydrogens (tertiary/aromatic N) is 1. The fourth-order valence-corrected chi connectivity index (χ4v) is 1.77. The summed E-state index contributed by atoms with van der Waals surface area (Å²) in [6.07, 6.45) is -0.841. The molecule has 3 nitrogen and oxygen atoms in total. The molecule has 1 atom stereocenters. The monoisotopic (exact) mass is 223 g/mol. The minimum Gasteiger partial charge on any atom is -0.505 e. The van der Waals surface area contributed by atoms with Crippen LogP contribution >= 0.6 is 11.6 Å². The molecule has 4 heteroatoms. The van der Waals surface area contributed by atoms with Crippen LogP contribution in [0.4, 0.5) is 0 Å². The molecule has 0 radical (unpaired) electrons. The van der Waals surface area contributed by atoms with Crippen molar-refractivity contribution < 1.29 is 10.2 Å². The SMILES string of the molecule is CC(O)c1nc(Cl)c2ccccc2c1O. The maximum atomic E-state index is 9.86. The lowest BCUT2D eigenvalue weighted by Crippen LogP contribution is -1.97. The summed E-state index contributed by atoms with van der Waals surface area (Å²) in [7, 11) is 0. The Balaban J connectivity index is 2.84. The van der Waals surface area contributed by atoms with E-state index in [0.29, 0.717) is 15.9 Å². The van der Waals surface area contributed by atoms with E-state index in [0.717, 1.165) is 0 Å². The van der Waals surface area contributed by atoms with Crippen LogP contribution in [0.2, 0.25) is 5.15 Å². The molecule has 15 heavy (non-hydrogen) atoms. The first-order chi connectivity index (χ1) is 7.11. The molecule has 2 rings (SSSR count). The molecule has 1 unspecified atom stereocenters. The van der Waals surface area contributed by atoms with Crippen molar-refractivity contribution in [3.63, 3.8) is 0 Å². The van der Waals surface area contributed by atoms with Gasteiger partial charge in [0.25, 0.3) is 0 Å². The number of hydrogen-bond acceptors (Lipinski definition) is 3. The zero-order valence-electron chi connectivity index (χ0n) is 8.11. The summed E-state index contributed by atoms with van der Waals surface area (Å²) >= 11 is 5.94. The Kier molecular flexibility index (Phi) is 2.50. The van der Waals surface area contributed by atoms with E-state index in [2.05, 4.69) is 4.98 Å². The van der Waals surface area contributed by atoms with E-state index in [9.17, 15) is 10.2 Å². The smallest absolute Gasteiger partial charge is 0.147 e. The van der Waals surface area contributed by atoms with Crippen LogP contribution in [0.1, 0.15) is 18.7 Å². The highest BCUT2D eigenvalue weighted by Gasteiger charge is 2.14. The fraction of sp³-hybridized carbons (Fsp3) is 0.182. The Morgan fingerprint density at radius 1 is 1.27 bits per heavy atom. The van der Waals surface area contributed by atoms with Gasteiger partial charge in [0.1, 0.15) is 16.6 Å². The number of pyridine rings is 1. The van der Waals surface area contributed by atoms with Gasteiger partial charge in [-0.2, -0.15) is 0 Å². The van der Waals surface area contributed by atoms with Crippen molar-refractivity contribution in [2.75, 3.05) is 0 Å². The number of aliphatic hydroxyl groups excluding tert-OH is 1. The van der Waals surface area contributed by atoms with Crippen molar-refractivity contribution in [3.05, 3.63) is 35.1 Å². The zero-order chi connectivity index (χ0) is 11.0. The van der Waals surface area contributed by atoms with Gasteiger partial charge in [0.15, 0.2) is 0 Å². The lowest BCUT2D eigenvalue weighted by atomic mass is 10.1. The second-order valence-electron chi connectivity index (χ2n) is 3.36. The number of halogens is 1. The third-order valence-electron chi connectivity index (χ3n) is 2.26. The first-order valence-electron chi connectivity index (χ1n) is 4.56. The van der Waals surface area contributed by atoms with Gasteiger partial charge < -0.3 is 10.2 Å². The van der Waals surface area contributed by atoms with Crippen molar-refractivity contribution in [1.82, 2.24) is 4.98 Å². The summed E-state index contributed by atoms with van der Waals surface area (Å²) in [5, 5.41) is 20.8.